The fourth-order valence-corrected chi connectivity index (χ4v) is 4.50. The van der Waals surface area contributed by atoms with Gasteiger partial charge in [-0.05, 0) is 48.1 Å². The molecule has 0 radical (unpaired) electrons. The van der Waals surface area contributed by atoms with Gasteiger partial charge in [-0.2, -0.15) is 0 Å². The molecule has 0 saturated heterocycles. The summed E-state index contributed by atoms with van der Waals surface area (Å²) in [4.78, 5) is 12.5. The highest BCUT2D eigenvalue weighted by Gasteiger charge is 2.41. The molecule has 1 heteroatoms. The van der Waals surface area contributed by atoms with Gasteiger partial charge in [0, 0.05) is 12.3 Å². The Morgan fingerprint density at radius 3 is 2.41 bits per heavy atom. The molecule has 0 heterocycles. The Labute approximate surface area is 136 Å². The first-order chi connectivity index (χ1) is 10.4. The quantitative estimate of drug-likeness (QED) is 0.675. The minimum absolute atomic E-state index is 0.181. The summed E-state index contributed by atoms with van der Waals surface area (Å²) in [7, 11) is 0. The van der Waals surface area contributed by atoms with E-state index in [-0.39, 0.29) is 11.3 Å². The lowest BCUT2D eigenvalue weighted by molar-refractivity contribution is -0.126. The number of Topliss-reactive ketones (excluding diaryl/α,β-unsaturated/α-hetero) is 1. The Balaban J connectivity index is 2.44. The van der Waals surface area contributed by atoms with Gasteiger partial charge in [0.1, 0.15) is 5.78 Å². The number of ketones is 1. The van der Waals surface area contributed by atoms with E-state index in [4.69, 9.17) is 0 Å². The molecular formula is C21H32O. The van der Waals surface area contributed by atoms with Gasteiger partial charge in [0.05, 0.1) is 0 Å². The van der Waals surface area contributed by atoms with E-state index >= 15 is 0 Å². The lowest BCUT2D eigenvalue weighted by Gasteiger charge is -2.43. The summed E-state index contributed by atoms with van der Waals surface area (Å²) >= 11 is 0. The van der Waals surface area contributed by atoms with Crippen LogP contribution >= 0.6 is 0 Å². The summed E-state index contributed by atoms with van der Waals surface area (Å²) in [6.45, 7) is 11.3. The van der Waals surface area contributed by atoms with Crippen molar-refractivity contribution in [1.82, 2.24) is 0 Å². The lowest BCUT2D eigenvalue weighted by atomic mass is 9.60. The summed E-state index contributed by atoms with van der Waals surface area (Å²) < 4.78 is 0. The van der Waals surface area contributed by atoms with Crippen molar-refractivity contribution in [3.05, 3.63) is 35.4 Å². The monoisotopic (exact) mass is 300 g/mol. The predicted molar refractivity (Wildman–Crippen MR) is 94.1 cm³/mol. The largest absolute Gasteiger partial charge is 0.299 e. The molecule has 1 fully saturated rings. The molecular weight excluding hydrogens is 268 g/mol. The molecule has 1 nitrogen and oxygen atoms in total. The summed E-state index contributed by atoms with van der Waals surface area (Å²) in [5.74, 6) is 1.71. The second kappa shape index (κ2) is 6.98. The third kappa shape index (κ3) is 3.62. The summed E-state index contributed by atoms with van der Waals surface area (Å²) in [6.07, 6.45) is 5.47. The molecule has 3 unspecified atom stereocenters. The maximum absolute atomic E-state index is 12.5. The Hall–Kier alpha value is -1.11. The molecule has 1 aromatic carbocycles. The van der Waals surface area contributed by atoms with E-state index in [1.807, 2.05) is 6.92 Å². The van der Waals surface area contributed by atoms with Crippen LogP contribution in [0.25, 0.3) is 0 Å². The maximum atomic E-state index is 12.5. The molecule has 122 valence electrons. The summed E-state index contributed by atoms with van der Waals surface area (Å²) in [5, 5.41) is 0. The average molecular weight is 300 g/mol. The van der Waals surface area contributed by atoms with E-state index in [2.05, 4.69) is 52.0 Å². The highest BCUT2D eigenvalue weighted by atomic mass is 16.1. The average Bonchev–Trinajstić information content (AvgIpc) is 2.48. The van der Waals surface area contributed by atoms with Crippen LogP contribution in [0.2, 0.25) is 0 Å². The molecule has 0 bridgehead atoms. The third-order valence-electron chi connectivity index (χ3n) is 5.47. The molecule has 22 heavy (non-hydrogen) atoms. The minimum atomic E-state index is 0.181. The number of carbonyl (C=O) groups is 1. The van der Waals surface area contributed by atoms with Crippen LogP contribution < -0.4 is 0 Å². The van der Waals surface area contributed by atoms with Crippen molar-refractivity contribution >= 4 is 5.78 Å². The number of carbonyl (C=O) groups excluding carboxylic acids is 1. The standard InChI is InChI=1S/C21H32O/c1-6-19(22)17-13-9-10-14-18(17)20(21(3,4)5)16-12-8-7-11-15(16)2/h7-8,11-12,17-18,20H,6,9-10,13-14H2,1-5H3. The van der Waals surface area contributed by atoms with Crippen LogP contribution in [0.5, 0.6) is 0 Å². The van der Waals surface area contributed by atoms with Crippen molar-refractivity contribution in [3.8, 4) is 0 Å². The van der Waals surface area contributed by atoms with E-state index in [9.17, 15) is 4.79 Å². The molecule has 0 amide bonds. The lowest BCUT2D eigenvalue weighted by Crippen LogP contribution is -2.37. The fourth-order valence-electron chi connectivity index (χ4n) is 4.50. The topological polar surface area (TPSA) is 17.1 Å². The van der Waals surface area contributed by atoms with Crippen molar-refractivity contribution in [2.24, 2.45) is 17.3 Å². The Morgan fingerprint density at radius 2 is 1.82 bits per heavy atom. The van der Waals surface area contributed by atoms with Crippen LogP contribution in [0.15, 0.2) is 24.3 Å². The van der Waals surface area contributed by atoms with Gasteiger partial charge in [-0.25, -0.2) is 0 Å². The van der Waals surface area contributed by atoms with Crippen molar-refractivity contribution in [3.63, 3.8) is 0 Å². The van der Waals surface area contributed by atoms with Crippen LogP contribution in [-0.4, -0.2) is 5.78 Å². The van der Waals surface area contributed by atoms with Gasteiger partial charge in [-0.1, -0.05) is 64.8 Å². The number of hydrogen-bond acceptors (Lipinski definition) is 1. The molecule has 0 aromatic heterocycles. The molecule has 2 rings (SSSR count). The van der Waals surface area contributed by atoms with Crippen LogP contribution in [0, 0.1) is 24.2 Å². The first kappa shape index (κ1) is 17.2. The Morgan fingerprint density at radius 1 is 1.18 bits per heavy atom. The van der Waals surface area contributed by atoms with Crippen molar-refractivity contribution in [1.29, 1.82) is 0 Å². The van der Waals surface area contributed by atoms with Gasteiger partial charge < -0.3 is 0 Å². The summed E-state index contributed by atoms with van der Waals surface area (Å²) in [5.41, 5.74) is 3.01. The van der Waals surface area contributed by atoms with Crippen molar-refractivity contribution in [2.45, 2.75) is 72.6 Å². The second-order valence-electron chi connectivity index (χ2n) is 8.07. The van der Waals surface area contributed by atoms with Gasteiger partial charge >= 0.3 is 0 Å². The molecule has 1 aliphatic carbocycles. The molecule has 1 saturated carbocycles. The highest BCUT2D eigenvalue weighted by molar-refractivity contribution is 5.81. The molecule has 0 spiro atoms. The van der Waals surface area contributed by atoms with Crippen LogP contribution in [0.4, 0.5) is 0 Å². The second-order valence-corrected chi connectivity index (χ2v) is 8.07. The molecule has 3 atom stereocenters. The van der Waals surface area contributed by atoms with Crippen LogP contribution in [-0.2, 0) is 4.79 Å². The van der Waals surface area contributed by atoms with E-state index in [0.29, 0.717) is 24.0 Å². The Kier molecular flexibility index (Phi) is 5.47. The zero-order chi connectivity index (χ0) is 16.3. The third-order valence-corrected chi connectivity index (χ3v) is 5.47. The first-order valence-corrected chi connectivity index (χ1v) is 8.94. The van der Waals surface area contributed by atoms with E-state index in [1.165, 1.54) is 30.4 Å². The first-order valence-electron chi connectivity index (χ1n) is 8.94. The Bertz CT molecular complexity index is 509. The number of aryl methyl sites for hydroxylation is 1. The highest BCUT2D eigenvalue weighted by Crippen LogP contribution is 2.49. The fraction of sp³-hybridized carbons (Fsp3) is 0.667. The molecule has 1 aromatic rings. The number of rotatable bonds is 4. The van der Waals surface area contributed by atoms with Crippen molar-refractivity contribution in [2.75, 3.05) is 0 Å². The van der Waals surface area contributed by atoms with Crippen LogP contribution in [0.3, 0.4) is 0 Å². The maximum Gasteiger partial charge on any atom is 0.136 e. The smallest absolute Gasteiger partial charge is 0.136 e. The molecule has 0 N–H and O–H groups in total. The zero-order valence-corrected chi connectivity index (χ0v) is 15.0. The van der Waals surface area contributed by atoms with Crippen molar-refractivity contribution < 1.29 is 4.79 Å². The number of hydrogen-bond donors (Lipinski definition) is 0. The zero-order valence-electron chi connectivity index (χ0n) is 15.0. The van der Waals surface area contributed by atoms with Crippen LogP contribution in [0.1, 0.15) is 76.8 Å². The van der Waals surface area contributed by atoms with E-state index in [0.717, 1.165) is 6.42 Å². The minimum Gasteiger partial charge on any atom is -0.299 e. The van der Waals surface area contributed by atoms with Gasteiger partial charge in [0.2, 0.25) is 0 Å². The van der Waals surface area contributed by atoms with Gasteiger partial charge in [-0.3, -0.25) is 4.79 Å². The normalized spacial score (nSPS) is 24.0. The SMILES string of the molecule is CCC(=O)C1CCCCC1C(c1ccccc1C)C(C)(C)C. The number of benzene rings is 1. The van der Waals surface area contributed by atoms with Gasteiger partial charge in [0.25, 0.3) is 0 Å². The summed E-state index contributed by atoms with van der Waals surface area (Å²) in [6, 6.07) is 8.77. The van der Waals surface area contributed by atoms with E-state index in [1.54, 1.807) is 0 Å². The molecule has 1 aliphatic rings. The molecule has 0 aliphatic heterocycles. The van der Waals surface area contributed by atoms with Gasteiger partial charge in [-0.15, -0.1) is 0 Å². The van der Waals surface area contributed by atoms with Gasteiger partial charge in [0.15, 0.2) is 0 Å². The van der Waals surface area contributed by atoms with E-state index < -0.39 is 0 Å². The predicted octanol–water partition coefficient (Wildman–Crippen LogP) is 5.91.